The summed E-state index contributed by atoms with van der Waals surface area (Å²) in [6, 6.07) is 11.1. The van der Waals surface area contributed by atoms with E-state index in [0.29, 0.717) is 5.69 Å². The van der Waals surface area contributed by atoms with Crippen molar-refractivity contribution in [1.82, 2.24) is 15.4 Å². The van der Waals surface area contributed by atoms with Crippen LogP contribution in [0.3, 0.4) is 0 Å². The van der Waals surface area contributed by atoms with Crippen molar-refractivity contribution in [2.45, 2.75) is 0 Å². The minimum absolute atomic E-state index is 0.385. The third-order valence-electron chi connectivity index (χ3n) is 2.73. The maximum absolute atomic E-state index is 11.9. The quantitative estimate of drug-likeness (QED) is 0.660. The average Bonchev–Trinajstić information content (AvgIpc) is 2.82. The number of hydrogen-bond donors (Lipinski definition) is 2. The molecule has 1 aromatic heterocycles. The van der Waals surface area contributed by atoms with Crippen molar-refractivity contribution >= 4 is 33.8 Å². The van der Waals surface area contributed by atoms with Crippen molar-refractivity contribution in [3.05, 3.63) is 64.4 Å². The van der Waals surface area contributed by atoms with Crippen LogP contribution < -0.4 is 10.9 Å². The first-order valence-electron chi connectivity index (χ1n) is 6.21. The minimum atomic E-state index is -0.402. The molecule has 0 aliphatic rings. The van der Waals surface area contributed by atoms with E-state index in [1.54, 1.807) is 30.0 Å². The van der Waals surface area contributed by atoms with Crippen LogP contribution in [0.4, 0.5) is 0 Å². The van der Waals surface area contributed by atoms with Crippen molar-refractivity contribution in [1.29, 1.82) is 0 Å². The molecule has 1 aromatic carbocycles. The van der Waals surface area contributed by atoms with Gasteiger partial charge in [0.2, 0.25) is 0 Å². The van der Waals surface area contributed by atoms with E-state index in [9.17, 15) is 9.59 Å². The third-order valence-corrected chi connectivity index (χ3v) is 3.16. The number of benzene rings is 1. The van der Waals surface area contributed by atoms with Gasteiger partial charge >= 0.3 is 0 Å². The smallest absolute Gasteiger partial charge is 0.286 e. The SMILES string of the molecule is Cn1cc(Br)cc1C(=O)NNC(=O)/C=C/c1ccccc1. The molecule has 0 aliphatic carbocycles. The number of halogens is 1. The van der Waals surface area contributed by atoms with Gasteiger partial charge in [0.1, 0.15) is 5.69 Å². The van der Waals surface area contributed by atoms with E-state index in [0.717, 1.165) is 10.0 Å². The van der Waals surface area contributed by atoms with Gasteiger partial charge in [0.05, 0.1) is 0 Å². The number of hydrazine groups is 1. The zero-order valence-electron chi connectivity index (χ0n) is 11.3. The summed E-state index contributed by atoms with van der Waals surface area (Å²) in [7, 11) is 1.75. The number of nitrogens with one attached hydrogen (secondary N) is 2. The Bertz CT molecular complexity index is 677. The molecule has 0 saturated carbocycles. The number of aryl methyl sites for hydroxylation is 1. The summed E-state index contributed by atoms with van der Waals surface area (Å²) in [6.07, 6.45) is 4.78. The first-order chi connectivity index (χ1) is 10.1. The lowest BCUT2D eigenvalue weighted by Gasteiger charge is -2.05. The summed E-state index contributed by atoms with van der Waals surface area (Å²) >= 11 is 3.28. The van der Waals surface area contributed by atoms with Crippen molar-refractivity contribution in [3.8, 4) is 0 Å². The minimum Gasteiger partial charge on any atom is -0.345 e. The summed E-state index contributed by atoms with van der Waals surface area (Å²) in [4.78, 5) is 23.5. The number of rotatable bonds is 3. The fraction of sp³-hybridized carbons (Fsp3) is 0.0667. The number of carbonyl (C=O) groups is 2. The van der Waals surface area contributed by atoms with Crippen LogP contribution in [0.5, 0.6) is 0 Å². The molecule has 0 spiro atoms. The van der Waals surface area contributed by atoms with E-state index in [2.05, 4.69) is 26.8 Å². The number of nitrogens with zero attached hydrogens (tertiary/aromatic N) is 1. The molecule has 2 rings (SSSR count). The van der Waals surface area contributed by atoms with Crippen LogP contribution in [-0.4, -0.2) is 16.4 Å². The van der Waals surface area contributed by atoms with Crippen molar-refractivity contribution in [2.75, 3.05) is 0 Å². The lowest BCUT2D eigenvalue weighted by molar-refractivity contribution is -0.117. The second-order valence-corrected chi connectivity index (χ2v) is 5.26. The number of aromatic nitrogens is 1. The van der Waals surface area contributed by atoms with E-state index in [-0.39, 0.29) is 5.91 Å². The molecule has 21 heavy (non-hydrogen) atoms. The average molecular weight is 348 g/mol. The Balaban J connectivity index is 1.88. The predicted octanol–water partition coefficient (Wildman–Crippen LogP) is 2.26. The number of carbonyl (C=O) groups excluding carboxylic acids is 2. The van der Waals surface area contributed by atoms with E-state index < -0.39 is 5.91 Å². The zero-order valence-corrected chi connectivity index (χ0v) is 12.9. The van der Waals surface area contributed by atoms with E-state index in [1.165, 1.54) is 6.08 Å². The molecule has 0 atom stereocenters. The second-order valence-electron chi connectivity index (χ2n) is 4.34. The molecule has 5 nitrogen and oxygen atoms in total. The summed E-state index contributed by atoms with van der Waals surface area (Å²) < 4.78 is 2.45. The van der Waals surface area contributed by atoms with Crippen LogP contribution in [0.15, 0.2) is 53.1 Å². The Kier molecular flexibility index (Phi) is 4.94. The fourth-order valence-electron chi connectivity index (χ4n) is 1.71. The normalized spacial score (nSPS) is 10.6. The Labute approximate surface area is 130 Å². The molecule has 2 N–H and O–H groups in total. The maximum Gasteiger partial charge on any atom is 0.286 e. The largest absolute Gasteiger partial charge is 0.345 e. The van der Waals surface area contributed by atoms with Crippen LogP contribution in [0.2, 0.25) is 0 Å². The molecule has 6 heteroatoms. The fourth-order valence-corrected chi connectivity index (χ4v) is 2.23. The van der Waals surface area contributed by atoms with E-state index in [4.69, 9.17) is 0 Å². The molecule has 2 aromatic rings. The molecular weight excluding hydrogens is 334 g/mol. The first kappa shape index (κ1) is 15.1. The highest BCUT2D eigenvalue weighted by Crippen LogP contribution is 2.13. The van der Waals surface area contributed by atoms with Gasteiger partial charge in [0.15, 0.2) is 0 Å². The van der Waals surface area contributed by atoms with Crippen molar-refractivity contribution in [3.63, 3.8) is 0 Å². The monoisotopic (exact) mass is 347 g/mol. The van der Waals surface area contributed by atoms with Gasteiger partial charge in [0.25, 0.3) is 11.8 Å². The van der Waals surface area contributed by atoms with Crippen LogP contribution in [-0.2, 0) is 11.8 Å². The molecule has 0 bridgehead atoms. The van der Waals surface area contributed by atoms with Crippen LogP contribution in [0, 0.1) is 0 Å². The van der Waals surface area contributed by atoms with E-state index in [1.807, 2.05) is 30.3 Å². The van der Waals surface area contributed by atoms with Gasteiger partial charge in [-0.3, -0.25) is 20.4 Å². The molecule has 0 radical (unpaired) electrons. The highest BCUT2D eigenvalue weighted by molar-refractivity contribution is 9.10. The van der Waals surface area contributed by atoms with Gasteiger partial charge in [-0.25, -0.2) is 0 Å². The molecule has 1 heterocycles. The molecule has 0 unspecified atom stereocenters. The Hall–Kier alpha value is -2.34. The zero-order chi connectivity index (χ0) is 15.2. The Morgan fingerprint density at radius 1 is 1.19 bits per heavy atom. The molecule has 108 valence electrons. The maximum atomic E-state index is 11.9. The third kappa shape index (κ3) is 4.32. The van der Waals surface area contributed by atoms with Gasteiger partial charge in [-0.05, 0) is 33.6 Å². The number of hydrogen-bond acceptors (Lipinski definition) is 2. The highest BCUT2D eigenvalue weighted by Gasteiger charge is 2.10. The van der Waals surface area contributed by atoms with Gasteiger partial charge in [-0.15, -0.1) is 0 Å². The standard InChI is InChI=1S/C15H14BrN3O2/c1-19-10-12(16)9-13(19)15(21)18-17-14(20)8-7-11-5-3-2-4-6-11/h2-10H,1H3,(H,17,20)(H,18,21)/b8-7+. The molecule has 0 aliphatic heterocycles. The van der Waals surface area contributed by atoms with Crippen LogP contribution >= 0.6 is 15.9 Å². The predicted molar refractivity (Wildman–Crippen MR) is 84.2 cm³/mol. The van der Waals surface area contributed by atoms with Crippen LogP contribution in [0.25, 0.3) is 6.08 Å². The summed E-state index contributed by atoms with van der Waals surface area (Å²) in [5, 5.41) is 0. The van der Waals surface area contributed by atoms with Crippen molar-refractivity contribution < 1.29 is 9.59 Å². The Morgan fingerprint density at radius 3 is 2.52 bits per heavy atom. The second kappa shape index (κ2) is 6.90. The van der Waals surface area contributed by atoms with Gasteiger partial charge in [-0.2, -0.15) is 0 Å². The molecule has 0 saturated heterocycles. The van der Waals surface area contributed by atoms with Crippen LogP contribution in [0.1, 0.15) is 16.1 Å². The first-order valence-corrected chi connectivity index (χ1v) is 7.01. The van der Waals surface area contributed by atoms with Crippen molar-refractivity contribution in [2.24, 2.45) is 7.05 Å². The molecule has 2 amide bonds. The van der Waals surface area contributed by atoms with E-state index >= 15 is 0 Å². The highest BCUT2D eigenvalue weighted by atomic mass is 79.9. The summed E-state index contributed by atoms with van der Waals surface area (Å²) in [6.45, 7) is 0. The summed E-state index contributed by atoms with van der Waals surface area (Å²) in [5.74, 6) is -0.787. The van der Waals surface area contributed by atoms with Gasteiger partial charge in [-0.1, -0.05) is 30.3 Å². The number of amides is 2. The van der Waals surface area contributed by atoms with Gasteiger partial charge in [0, 0.05) is 23.8 Å². The summed E-state index contributed by atoms with van der Waals surface area (Å²) in [5.41, 5.74) is 6.04. The lowest BCUT2D eigenvalue weighted by Crippen LogP contribution is -2.41. The molecule has 0 fully saturated rings. The molecular formula is C15H14BrN3O2. The van der Waals surface area contributed by atoms with Gasteiger partial charge < -0.3 is 4.57 Å². The topological polar surface area (TPSA) is 63.1 Å². The Morgan fingerprint density at radius 2 is 1.90 bits per heavy atom. The lowest BCUT2D eigenvalue weighted by atomic mass is 10.2.